The molecule has 7 heteroatoms. The van der Waals surface area contributed by atoms with Crippen LogP contribution in [-0.2, 0) is 6.42 Å². The number of carboxylic acids is 2. The molecule has 3 aromatic rings. The lowest BCUT2D eigenvalue weighted by atomic mass is 10.1. The number of aliphatic hydroxyl groups is 2. The van der Waals surface area contributed by atoms with Crippen molar-refractivity contribution < 1.29 is 34.4 Å². The fourth-order valence-electron chi connectivity index (χ4n) is 2.30. The van der Waals surface area contributed by atoms with E-state index in [-0.39, 0.29) is 0 Å². The Hall–Kier alpha value is -3.42. The first kappa shape index (κ1) is 24.6. The van der Waals surface area contributed by atoms with Crippen LogP contribution in [0.3, 0.4) is 0 Å². The predicted octanol–water partition coefficient (Wildman–Crippen LogP) is 3.72. The molecule has 160 valence electrons. The van der Waals surface area contributed by atoms with Gasteiger partial charge in [-0.15, -0.1) is 0 Å². The average Bonchev–Trinajstić information content (AvgIpc) is 3.22. The van der Waals surface area contributed by atoms with Gasteiger partial charge < -0.3 is 24.8 Å². The molecule has 0 aliphatic rings. The van der Waals surface area contributed by atoms with Gasteiger partial charge in [0.05, 0.1) is 29.6 Å². The summed E-state index contributed by atoms with van der Waals surface area (Å²) in [6.45, 7) is 1.66. The van der Waals surface area contributed by atoms with Crippen molar-refractivity contribution in [2.75, 3.05) is 0 Å². The van der Waals surface area contributed by atoms with Crippen LogP contribution in [0, 0.1) is 0 Å². The normalized spacial score (nSPS) is 11.7. The molecule has 4 N–H and O–H groups in total. The summed E-state index contributed by atoms with van der Waals surface area (Å²) in [7, 11) is 0. The standard InChI is InChI=1S/C9H14O3.2C7H6O2/c1-7(10)5-8(11)6-9-3-2-4-12-9;2*8-7(9)6-4-2-1-3-5-6/h2-4,7-8,10-11H,5-6H2,1H3;2*1-5H,(H,8,9). The third-order valence-corrected chi connectivity index (χ3v) is 3.67. The predicted molar refractivity (Wildman–Crippen MR) is 112 cm³/mol. The molecule has 7 nitrogen and oxygen atoms in total. The summed E-state index contributed by atoms with van der Waals surface area (Å²) >= 11 is 0. The number of carbonyl (C=O) groups is 2. The van der Waals surface area contributed by atoms with Crippen molar-refractivity contribution in [1.29, 1.82) is 0 Å². The van der Waals surface area contributed by atoms with E-state index in [9.17, 15) is 14.7 Å². The van der Waals surface area contributed by atoms with E-state index in [0.29, 0.717) is 24.0 Å². The van der Waals surface area contributed by atoms with Crippen molar-refractivity contribution in [2.24, 2.45) is 0 Å². The van der Waals surface area contributed by atoms with Gasteiger partial charge in [0.25, 0.3) is 0 Å². The Bertz CT molecular complexity index is 794. The lowest BCUT2D eigenvalue weighted by Crippen LogP contribution is -2.16. The van der Waals surface area contributed by atoms with Gasteiger partial charge in [0.2, 0.25) is 0 Å². The molecule has 0 fully saturated rings. The van der Waals surface area contributed by atoms with E-state index in [0.717, 1.165) is 5.76 Å². The summed E-state index contributed by atoms with van der Waals surface area (Å²) in [4.78, 5) is 20.4. The van der Waals surface area contributed by atoms with Gasteiger partial charge in [0.15, 0.2) is 0 Å². The summed E-state index contributed by atoms with van der Waals surface area (Å²) in [5, 5.41) is 35.1. The second kappa shape index (κ2) is 13.7. The van der Waals surface area contributed by atoms with Gasteiger partial charge in [-0.3, -0.25) is 0 Å². The summed E-state index contributed by atoms with van der Waals surface area (Å²) in [6, 6.07) is 20.2. The van der Waals surface area contributed by atoms with Crippen LogP contribution in [-0.4, -0.2) is 44.6 Å². The van der Waals surface area contributed by atoms with Crippen molar-refractivity contribution in [1.82, 2.24) is 0 Å². The monoisotopic (exact) mass is 414 g/mol. The third-order valence-electron chi connectivity index (χ3n) is 3.67. The van der Waals surface area contributed by atoms with E-state index >= 15 is 0 Å². The topological polar surface area (TPSA) is 128 Å². The summed E-state index contributed by atoms with van der Waals surface area (Å²) in [5.74, 6) is -1.01. The molecule has 2 atom stereocenters. The minimum atomic E-state index is -0.879. The van der Waals surface area contributed by atoms with E-state index in [1.54, 1.807) is 79.9 Å². The molecule has 3 rings (SSSR count). The highest BCUT2D eigenvalue weighted by molar-refractivity contribution is 5.87. The van der Waals surface area contributed by atoms with Crippen molar-refractivity contribution >= 4 is 11.9 Å². The van der Waals surface area contributed by atoms with E-state index in [2.05, 4.69) is 0 Å². The quantitative estimate of drug-likeness (QED) is 0.484. The number of carboxylic acid groups (broad SMARTS) is 2. The summed E-state index contributed by atoms with van der Waals surface area (Å²) < 4.78 is 5.04. The molecular formula is C23H26O7. The summed E-state index contributed by atoms with van der Waals surface area (Å²) in [6.07, 6.45) is 1.45. The molecule has 2 aromatic carbocycles. The molecule has 0 saturated heterocycles. The lowest BCUT2D eigenvalue weighted by Gasteiger charge is -2.10. The van der Waals surface area contributed by atoms with Crippen LogP contribution >= 0.6 is 0 Å². The lowest BCUT2D eigenvalue weighted by molar-refractivity contribution is 0.0686. The number of aliphatic hydroxyl groups excluding tert-OH is 2. The van der Waals surface area contributed by atoms with Gasteiger partial charge in [-0.05, 0) is 49.7 Å². The van der Waals surface area contributed by atoms with Gasteiger partial charge in [-0.25, -0.2) is 9.59 Å². The van der Waals surface area contributed by atoms with Crippen LogP contribution < -0.4 is 0 Å². The van der Waals surface area contributed by atoms with Crippen LogP contribution in [0.2, 0.25) is 0 Å². The smallest absolute Gasteiger partial charge is 0.335 e. The average molecular weight is 414 g/mol. The first-order valence-electron chi connectivity index (χ1n) is 9.24. The van der Waals surface area contributed by atoms with Gasteiger partial charge in [-0.1, -0.05) is 36.4 Å². The molecule has 30 heavy (non-hydrogen) atoms. The molecule has 1 heterocycles. The SMILES string of the molecule is CC(O)CC(O)Cc1ccco1.O=C(O)c1ccccc1.O=C(O)c1ccccc1. The second-order valence-electron chi connectivity index (χ2n) is 6.36. The Morgan fingerprint density at radius 1 is 0.800 bits per heavy atom. The summed E-state index contributed by atoms with van der Waals surface area (Å²) in [5.41, 5.74) is 0.662. The molecule has 0 aliphatic heterocycles. The van der Waals surface area contributed by atoms with Crippen molar-refractivity contribution in [3.8, 4) is 0 Å². The Balaban J connectivity index is 0.000000229. The number of rotatable bonds is 6. The highest BCUT2D eigenvalue weighted by Crippen LogP contribution is 2.07. The van der Waals surface area contributed by atoms with Crippen molar-refractivity contribution in [3.63, 3.8) is 0 Å². The highest BCUT2D eigenvalue weighted by Gasteiger charge is 2.09. The molecule has 1 aromatic heterocycles. The molecule has 0 spiro atoms. The molecule has 0 radical (unpaired) electrons. The fourth-order valence-corrected chi connectivity index (χ4v) is 2.30. The Morgan fingerprint density at radius 3 is 1.57 bits per heavy atom. The van der Waals surface area contributed by atoms with Crippen LogP contribution in [0.15, 0.2) is 83.5 Å². The number of benzene rings is 2. The maximum atomic E-state index is 10.2. The van der Waals surface area contributed by atoms with E-state index in [1.807, 2.05) is 6.07 Å². The first-order chi connectivity index (χ1) is 14.3. The van der Waals surface area contributed by atoms with Crippen LogP contribution in [0.5, 0.6) is 0 Å². The molecule has 2 unspecified atom stereocenters. The Labute approximate surface area is 174 Å². The van der Waals surface area contributed by atoms with E-state index in [1.165, 1.54) is 0 Å². The van der Waals surface area contributed by atoms with Crippen LogP contribution in [0.1, 0.15) is 39.8 Å². The van der Waals surface area contributed by atoms with E-state index in [4.69, 9.17) is 19.7 Å². The number of furan rings is 1. The molecule has 0 aliphatic carbocycles. The zero-order valence-corrected chi connectivity index (χ0v) is 16.6. The number of aromatic carboxylic acids is 2. The van der Waals surface area contributed by atoms with Crippen molar-refractivity contribution in [3.05, 3.63) is 95.9 Å². The third kappa shape index (κ3) is 10.8. The Kier molecular flexibility index (Phi) is 11.2. The van der Waals surface area contributed by atoms with Gasteiger partial charge in [0, 0.05) is 6.42 Å². The fraction of sp³-hybridized carbons (Fsp3) is 0.217. The van der Waals surface area contributed by atoms with Gasteiger partial charge >= 0.3 is 11.9 Å². The minimum absolute atomic E-state index is 0.331. The molecular weight excluding hydrogens is 388 g/mol. The number of hydrogen-bond acceptors (Lipinski definition) is 5. The highest BCUT2D eigenvalue weighted by atomic mass is 16.4. The van der Waals surface area contributed by atoms with E-state index < -0.39 is 24.1 Å². The van der Waals surface area contributed by atoms with Crippen LogP contribution in [0.25, 0.3) is 0 Å². The first-order valence-corrected chi connectivity index (χ1v) is 9.24. The Morgan fingerprint density at radius 2 is 1.27 bits per heavy atom. The minimum Gasteiger partial charge on any atom is -0.478 e. The number of hydrogen-bond donors (Lipinski definition) is 4. The second-order valence-corrected chi connectivity index (χ2v) is 6.36. The molecule has 0 bridgehead atoms. The maximum absolute atomic E-state index is 10.2. The maximum Gasteiger partial charge on any atom is 0.335 e. The largest absolute Gasteiger partial charge is 0.478 e. The van der Waals surface area contributed by atoms with Gasteiger partial charge in [0.1, 0.15) is 5.76 Å². The van der Waals surface area contributed by atoms with Crippen molar-refractivity contribution in [2.45, 2.75) is 32.0 Å². The zero-order chi connectivity index (χ0) is 22.4. The molecule has 0 saturated carbocycles. The molecule has 0 amide bonds. The zero-order valence-electron chi connectivity index (χ0n) is 16.6. The van der Waals surface area contributed by atoms with Gasteiger partial charge in [-0.2, -0.15) is 0 Å². The van der Waals surface area contributed by atoms with Crippen LogP contribution in [0.4, 0.5) is 0 Å².